The van der Waals surface area contributed by atoms with E-state index in [0.29, 0.717) is 6.54 Å². The number of benzene rings is 1. The van der Waals surface area contributed by atoms with Crippen LogP contribution in [-0.4, -0.2) is 43.6 Å². The van der Waals surface area contributed by atoms with Crippen LogP contribution in [0, 0.1) is 6.92 Å². The number of rotatable bonds is 5. The van der Waals surface area contributed by atoms with Crippen LogP contribution in [0.2, 0.25) is 0 Å². The molecule has 0 fully saturated rings. The molecule has 1 aromatic carbocycles. The number of hydrogen-bond donors (Lipinski definition) is 3. The van der Waals surface area contributed by atoms with Gasteiger partial charge in [0, 0.05) is 32.0 Å². The summed E-state index contributed by atoms with van der Waals surface area (Å²) in [5.41, 5.74) is 3.21. The molecule has 1 aromatic rings. The van der Waals surface area contributed by atoms with E-state index in [2.05, 4.69) is 5.32 Å². The Kier molecular flexibility index (Phi) is 4.58. The van der Waals surface area contributed by atoms with Crippen LogP contribution < -0.4 is 10.2 Å². The Morgan fingerprint density at radius 2 is 2.06 bits per heavy atom. The molecule has 0 aliphatic carbocycles. The Bertz CT molecular complexity index is 340. The predicted molar refractivity (Wildman–Crippen MR) is 67.1 cm³/mol. The van der Waals surface area contributed by atoms with E-state index in [0.717, 1.165) is 16.9 Å². The lowest BCUT2D eigenvalue weighted by molar-refractivity contribution is 0.105. The summed E-state index contributed by atoms with van der Waals surface area (Å²) in [5, 5.41) is 21.1. The smallest absolute Gasteiger partial charge is 0.0942 e. The first-order valence-corrected chi connectivity index (χ1v) is 5.35. The molecule has 1 unspecified atom stereocenters. The zero-order valence-electron chi connectivity index (χ0n) is 10.1. The van der Waals surface area contributed by atoms with Gasteiger partial charge in [0.1, 0.15) is 0 Å². The van der Waals surface area contributed by atoms with Crippen molar-refractivity contribution in [3.63, 3.8) is 0 Å². The van der Waals surface area contributed by atoms with E-state index in [1.165, 1.54) is 0 Å². The largest absolute Gasteiger partial charge is 0.394 e. The van der Waals surface area contributed by atoms with Crippen LogP contribution in [0.1, 0.15) is 5.56 Å². The minimum absolute atomic E-state index is 0.223. The highest BCUT2D eigenvalue weighted by molar-refractivity contribution is 5.61. The second-order valence-corrected chi connectivity index (χ2v) is 4.11. The standard InChI is InChI=1S/C12H20N2O2/c1-9-4-5-10(14(2)3)6-12(9)13-7-11(16)8-15/h4-6,11,13,15-16H,7-8H2,1-3H3. The maximum absolute atomic E-state index is 9.27. The molecule has 4 nitrogen and oxygen atoms in total. The number of nitrogens with zero attached hydrogens (tertiary/aromatic N) is 1. The van der Waals surface area contributed by atoms with Crippen LogP contribution in [-0.2, 0) is 0 Å². The Morgan fingerprint density at radius 1 is 1.38 bits per heavy atom. The normalized spacial score (nSPS) is 12.3. The second-order valence-electron chi connectivity index (χ2n) is 4.11. The van der Waals surface area contributed by atoms with Gasteiger partial charge in [0.05, 0.1) is 12.7 Å². The van der Waals surface area contributed by atoms with E-state index in [-0.39, 0.29) is 6.61 Å². The Hall–Kier alpha value is -1.26. The summed E-state index contributed by atoms with van der Waals surface area (Å²) in [4.78, 5) is 2.02. The van der Waals surface area contributed by atoms with E-state index >= 15 is 0 Å². The van der Waals surface area contributed by atoms with Gasteiger partial charge in [-0.25, -0.2) is 0 Å². The third-order valence-electron chi connectivity index (χ3n) is 2.48. The molecular formula is C12H20N2O2. The number of aryl methyl sites for hydroxylation is 1. The first-order chi connectivity index (χ1) is 7.54. The van der Waals surface area contributed by atoms with Crippen molar-refractivity contribution in [1.29, 1.82) is 0 Å². The molecule has 4 heteroatoms. The van der Waals surface area contributed by atoms with Crippen molar-refractivity contribution in [2.24, 2.45) is 0 Å². The Labute approximate surface area is 96.5 Å². The lowest BCUT2D eigenvalue weighted by Gasteiger charge is -2.17. The number of hydrogen-bond acceptors (Lipinski definition) is 4. The van der Waals surface area contributed by atoms with Gasteiger partial charge in [-0.3, -0.25) is 0 Å². The average molecular weight is 224 g/mol. The number of aliphatic hydroxyl groups excluding tert-OH is 2. The van der Waals surface area contributed by atoms with Crippen molar-refractivity contribution >= 4 is 11.4 Å². The first-order valence-electron chi connectivity index (χ1n) is 5.35. The zero-order chi connectivity index (χ0) is 12.1. The summed E-state index contributed by atoms with van der Waals surface area (Å²) in [6.45, 7) is 2.14. The zero-order valence-corrected chi connectivity index (χ0v) is 10.1. The van der Waals surface area contributed by atoms with Crippen molar-refractivity contribution in [3.05, 3.63) is 23.8 Å². The molecule has 0 saturated heterocycles. The summed E-state index contributed by atoms with van der Waals surface area (Å²) < 4.78 is 0. The molecule has 90 valence electrons. The van der Waals surface area contributed by atoms with Gasteiger partial charge in [0.25, 0.3) is 0 Å². The molecule has 3 N–H and O–H groups in total. The summed E-state index contributed by atoms with van der Waals surface area (Å²) in [7, 11) is 3.97. The van der Waals surface area contributed by atoms with Crippen molar-refractivity contribution in [2.75, 3.05) is 37.5 Å². The third-order valence-corrected chi connectivity index (χ3v) is 2.48. The van der Waals surface area contributed by atoms with Crippen molar-refractivity contribution < 1.29 is 10.2 Å². The molecule has 0 spiro atoms. The monoisotopic (exact) mass is 224 g/mol. The van der Waals surface area contributed by atoms with Gasteiger partial charge < -0.3 is 20.4 Å². The predicted octanol–water partition coefficient (Wildman–Crippen LogP) is 0.826. The molecule has 0 amide bonds. The maximum atomic E-state index is 9.27. The van der Waals surface area contributed by atoms with Gasteiger partial charge in [0.15, 0.2) is 0 Å². The lowest BCUT2D eigenvalue weighted by Crippen LogP contribution is -2.23. The number of nitrogens with one attached hydrogen (secondary N) is 1. The molecule has 0 aromatic heterocycles. The van der Waals surface area contributed by atoms with Gasteiger partial charge in [-0.05, 0) is 24.6 Å². The fourth-order valence-electron chi connectivity index (χ4n) is 1.37. The molecule has 0 aliphatic rings. The highest BCUT2D eigenvalue weighted by atomic mass is 16.3. The topological polar surface area (TPSA) is 55.7 Å². The molecule has 0 heterocycles. The van der Waals surface area contributed by atoms with Crippen molar-refractivity contribution in [1.82, 2.24) is 0 Å². The van der Waals surface area contributed by atoms with Gasteiger partial charge in [-0.15, -0.1) is 0 Å². The molecule has 0 saturated carbocycles. The summed E-state index contributed by atoms with van der Waals surface area (Å²) >= 11 is 0. The van der Waals surface area contributed by atoms with E-state index < -0.39 is 6.10 Å². The van der Waals surface area contributed by atoms with Gasteiger partial charge in [0.2, 0.25) is 0 Å². The lowest BCUT2D eigenvalue weighted by atomic mass is 10.1. The van der Waals surface area contributed by atoms with E-state index in [1.54, 1.807) is 0 Å². The molecule has 0 radical (unpaired) electrons. The number of anilines is 2. The van der Waals surface area contributed by atoms with Crippen LogP contribution in [0.15, 0.2) is 18.2 Å². The van der Waals surface area contributed by atoms with Crippen LogP contribution in [0.4, 0.5) is 11.4 Å². The van der Waals surface area contributed by atoms with Gasteiger partial charge in [-0.2, -0.15) is 0 Å². The van der Waals surface area contributed by atoms with Crippen LogP contribution >= 0.6 is 0 Å². The molecule has 1 atom stereocenters. The quantitative estimate of drug-likeness (QED) is 0.693. The molecule has 0 bridgehead atoms. The molecular weight excluding hydrogens is 204 g/mol. The minimum atomic E-state index is -0.720. The Morgan fingerprint density at radius 3 is 2.62 bits per heavy atom. The maximum Gasteiger partial charge on any atom is 0.0942 e. The van der Waals surface area contributed by atoms with Gasteiger partial charge >= 0.3 is 0 Å². The summed E-state index contributed by atoms with van der Waals surface area (Å²) in [6, 6.07) is 6.10. The van der Waals surface area contributed by atoms with Crippen LogP contribution in [0.3, 0.4) is 0 Å². The highest BCUT2D eigenvalue weighted by Crippen LogP contribution is 2.21. The molecule has 16 heavy (non-hydrogen) atoms. The van der Waals surface area contributed by atoms with Crippen LogP contribution in [0.25, 0.3) is 0 Å². The van der Waals surface area contributed by atoms with E-state index in [1.807, 2.05) is 44.1 Å². The van der Waals surface area contributed by atoms with E-state index in [4.69, 9.17) is 5.11 Å². The van der Waals surface area contributed by atoms with Crippen molar-refractivity contribution in [2.45, 2.75) is 13.0 Å². The fourth-order valence-corrected chi connectivity index (χ4v) is 1.37. The molecule has 1 rings (SSSR count). The first kappa shape index (κ1) is 12.8. The average Bonchev–Trinajstić information content (AvgIpc) is 2.27. The van der Waals surface area contributed by atoms with Crippen molar-refractivity contribution in [3.8, 4) is 0 Å². The third kappa shape index (κ3) is 3.40. The van der Waals surface area contributed by atoms with Gasteiger partial charge in [-0.1, -0.05) is 6.07 Å². The van der Waals surface area contributed by atoms with Crippen LogP contribution in [0.5, 0.6) is 0 Å². The fraction of sp³-hybridized carbons (Fsp3) is 0.500. The SMILES string of the molecule is Cc1ccc(N(C)C)cc1NCC(O)CO. The van der Waals surface area contributed by atoms with E-state index in [9.17, 15) is 5.11 Å². The highest BCUT2D eigenvalue weighted by Gasteiger charge is 2.04. The summed E-state index contributed by atoms with van der Waals surface area (Å²) in [6.07, 6.45) is -0.720. The Balaban J connectivity index is 2.74. The second kappa shape index (κ2) is 5.72. The molecule has 0 aliphatic heterocycles. The number of aliphatic hydroxyl groups is 2. The minimum Gasteiger partial charge on any atom is -0.394 e. The summed E-state index contributed by atoms with van der Waals surface area (Å²) in [5.74, 6) is 0.